The van der Waals surface area contributed by atoms with Gasteiger partial charge in [-0.1, -0.05) is 13.8 Å². The molecule has 0 aliphatic heterocycles. The second-order valence-corrected chi connectivity index (χ2v) is 7.43. The molecule has 2 rings (SSSR count). The summed E-state index contributed by atoms with van der Waals surface area (Å²) in [5.74, 6) is 1.96. The third-order valence-electron chi connectivity index (χ3n) is 5.85. The highest BCUT2D eigenvalue weighted by Gasteiger charge is 2.57. The third kappa shape index (κ3) is 4.87. The molecule has 0 spiro atoms. The number of rotatable bonds is 7. The molecule has 2 atom stereocenters. The van der Waals surface area contributed by atoms with Crippen LogP contribution in [0.25, 0.3) is 0 Å². The van der Waals surface area contributed by atoms with E-state index in [-0.39, 0.29) is 35.0 Å². The Kier molecular flexibility index (Phi) is 8.18. The van der Waals surface area contributed by atoms with Crippen LogP contribution in [-0.4, -0.2) is 47.9 Å². The van der Waals surface area contributed by atoms with E-state index in [0.717, 1.165) is 44.1 Å². The first-order valence-corrected chi connectivity index (χ1v) is 8.84. The molecule has 1 aliphatic carbocycles. The molecule has 1 heterocycles. The number of imidazole rings is 1. The number of aliphatic imine (C=N–C) groups is 1. The first-order chi connectivity index (χ1) is 11.3. The van der Waals surface area contributed by atoms with Crippen molar-refractivity contribution in [2.24, 2.45) is 10.4 Å². The molecule has 1 aromatic heterocycles. The number of methoxy groups -OCH3 is 1. The first kappa shape index (κ1) is 22.2. The fourth-order valence-corrected chi connectivity index (χ4v) is 3.34. The van der Waals surface area contributed by atoms with Crippen molar-refractivity contribution in [3.05, 3.63) is 18.2 Å². The summed E-state index contributed by atoms with van der Waals surface area (Å²) in [6.45, 7) is 10.7. The summed E-state index contributed by atoms with van der Waals surface area (Å²) >= 11 is 0. The van der Waals surface area contributed by atoms with Gasteiger partial charge in [0, 0.05) is 51.1 Å². The van der Waals surface area contributed by atoms with Crippen LogP contribution in [-0.2, 0) is 11.3 Å². The largest absolute Gasteiger partial charge is 0.378 e. The predicted octanol–water partition coefficient (Wildman–Crippen LogP) is 2.96. The van der Waals surface area contributed by atoms with Crippen LogP contribution in [0.4, 0.5) is 0 Å². The number of unbranched alkanes of at least 4 members (excludes halogenated alkanes) is 1. The Morgan fingerprint density at radius 3 is 2.64 bits per heavy atom. The molecule has 1 aliphatic rings. The number of halogens is 1. The monoisotopic (exact) mass is 463 g/mol. The Bertz CT molecular complexity index is 572. The van der Waals surface area contributed by atoms with Crippen molar-refractivity contribution in [1.82, 2.24) is 20.2 Å². The van der Waals surface area contributed by atoms with E-state index in [4.69, 9.17) is 4.74 Å². The lowest BCUT2D eigenvalue weighted by atomic mass is 9.56. The lowest BCUT2D eigenvalue weighted by Gasteiger charge is -2.59. The van der Waals surface area contributed by atoms with Gasteiger partial charge in [0.1, 0.15) is 5.82 Å². The quantitative estimate of drug-likeness (QED) is 0.283. The first-order valence-electron chi connectivity index (χ1n) is 8.84. The Morgan fingerprint density at radius 1 is 1.40 bits per heavy atom. The Hall–Kier alpha value is -0.830. The van der Waals surface area contributed by atoms with Crippen molar-refractivity contribution < 1.29 is 4.74 Å². The van der Waals surface area contributed by atoms with E-state index in [1.165, 1.54) is 0 Å². The van der Waals surface area contributed by atoms with Gasteiger partial charge in [-0.05, 0) is 33.1 Å². The van der Waals surface area contributed by atoms with E-state index in [1.54, 1.807) is 7.11 Å². The van der Waals surface area contributed by atoms with Gasteiger partial charge in [-0.2, -0.15) is 0 Å². The van der Waals surface area contributed by atoms with E-state index in [0.29, 0.717) is 6.04 Å². The van der Waals surface area contributed by atoms with Gasteiger partial charge in [-0.3, -0.25) is 4.99 Å². The highest BCUT2D eigenvalue weighted by atomic mass is 127. The van der Waals surface area contributed by atoms with Crippen LogP contribution >= 0.6 is 24.0 Å². The van der Waals surface area contributed by atoms with Crippen molar-refractivity contribution in [3.8, 4) is 0 Å². The Balaban J connectivity index is 0.00000312. The van der Waals surface area contributed by atoms with E-state index >= 15 is 0 Å². The third-order valence-corrected chi connectivity index (χ3v) is 5.85. The number of ether oxygens (including phenoxy) is 1. The molecule has 7 heteroatoms. The lowest BCUT2D eigenvalue weighted by Crippen LogP contribution is -2.69. The highest BCUT2D eigenvalue weighted by molar-refractivity contribution is 14.0. The molecular formula is C18H34IN5O. The van der Waals surface area contributed by atoms with Crippen molar-refractivity contribution in [1.29, 1.82) is 0 Å². The highest BCUT2D eigenvalue weighted by Crippen LogP contribution is 2.51. The summed E-state index contributed by atoms with van der Waals surface area (Å²) in [5, 5.41) is 6.96. The lowest BCUT2D eigenvalue weighted by molar-refractivity contribution is -0.176. The second kappa shape index (κ2) is 9.21. The molecule has 2 N–H and O–H groups in total. The number of aryl methyl sites for hydroxylation is 2. The normalized spacial score (nSPS) is 25.0. The fourth-order valence-electron chi connectivity index (χ4n) is 3.34. The van der Waals surface area contributed by atoms with E-state index in [9.17, 15) is 0 Å². The van der Waals surface area contributed by atoms with Crippen LogP contribution in [0.15, 0.2) is 17.4 Å². The fraction of sp³-hybridized carbons (Fsp3) is 0.778. The topological polar surface area (TPSA) is 63.5 Å². The smallest absolute Gasteiger partial charge is 0.191 e. The molecule has 6 nitrogen and oxygen atoms in total. The Morgan fingerprint density at radius 2 is 2.12 bits per heavy atom. The zero-order valence-electron chi connectivity index (χ0n) is 16.4. The number of hydrogen-bond donors (Lipinski definition) is 2. The molecule has 0 saturated heterocycles. The zero-order chi connectivity index (χ0) is 17.8. The number of aromatic nitrogens is 2. The summed E-state index contributed by atoms with van der Waals surface area (Å²) in [6.07, 6.45) is 7.11. The molecular weight excluding hydrogens is 429 g/mol. The zero-order valence-corrected chi connectivity index (χ0v) is 18.8. The molecule has 25 heavy (non-hydrogen) atoms. The van der Waals surface area contributed by atoms with Crippen LogP contribution in [0.5, 0.6) is 0 Å². The standard InChI is InChI=1S/C18H33N5O.HI/c1-14-20-10-12-23(14)11-8-7-9-21-16(19-5)22-15-13-18(4,24-6)17(15,2)3;/h10,12,15H,7-9,11,13H2,1-6H3,(H2,19,21,22);1H. The average Bonchev–Trinajstić information content (AvgIpc) is 2.97. The molecule has 1 aromatic rings. The summed E-state index contributed by atoms with van der Waals surface area (Å²) in [5.41, 5.74) is 0.0184. The van der Waals surface area contributed by atoms with E-state index in [1.807, 2.05) is 26.4 Å². The van der Waals surface area contributed by atoms with Gasteiger partial charge >= 0.3 is 0 Å². The van der Waals surface area contributed by atoms with Crippen LogP contribution in [0.3, 0.4) is 0 Å². The molecule has 0 bridgehead atoms. The summed E-state index contributed by atoms with van der Waals surface area (Å²) in [6, 6.07) is 0.377. The maximum absolute atomic E-state index is 5.68. The summed E-state index contributed by atoms with van der Waals surface area (Å²) < 4.78 is 7.87. The Labute approximate surface area is 169 Å². The van der Waals surface area contributed by atoms with Crippen LogP contribution in [0, 0.1) is 12.3 Å². The van der Waals surface area contributed by atoms with Crippen molar-refractivity contribution in [2.75, 3.05) is 20.7 Å². The van der Waals surface area contributed by atoms with Crippen molar-refractivity contribution in [3.63, 3.8) is 0 Å². The van der Waals surface area contributed by atoms with E-state index < -0.39 is 0 Å². The number of hydrogen-bond acceptors (Lipinski definition) is 3. The minimum atomic E-state index is -0.0633. The predicted molar refractivity (Wildman–Crippen MR) is 114 cm³/mol. The maximum Gasteiger partial charge on any atom is 0.191 e. The van der Waals surface area contributed by atoms with Gasteiger partial charge in [-0.25, -0.2) is 4.98 Å². The molecule has 0 radical (unpaired) electrons. The minimum absolute atomic E-state index is 0. The van der Waals surface area contributed by atoms with Gasteiger partial charge in [0.25, 0.3) is 0 Å². The van der Waals surface area contributed by atoms with Gasteiger partial charge in [0.15, 0.2) is 5.96 Å². The molecule has 2 unspecified atom stereocenters. The SMILES string of the molecule is CN=C(NCCCCn1ccnc1C)NC1CC(C)(OC)C1(C)C.I. The van der Waals surface area contributed by atoms with Gasteiger partial charge < -0.3 is 19.9 Å². The number of nitrogens with zero attached hydrogens (tertiary/aromatic N) is 3. The van der Waals surface area contributed by atoms with Crippen LogP contribution in [0.2, 0.25) is 0 Å². The number of nitrogens with one attached hydrogen (secondary N) is 2. The molecule has 1 fully saturated rings. The number of guanidine groups is 1. The van der Waals surface area contributed by atoms with Gasteiger partial charge in [0.05, 0.1) is 5.60 Å². The molecule has 1 saturated carbocycles. The summed E-state index contributed by atoms with van der Waals surface area (Å²) in [4.78, 5) is 8.59. The van der Waals surface area contributed by atoms with Crippen LogP contribution in [0.1, 0.15) is 45.9 Å². The van der Waals surface area contributed by atoms with Gasteiger partial charge in [-0.15, -0.1) is 24.0 Å². The van der Waals surface area contributed by atoms with E-state index in [2.05, 4.69) is 45.9 Å². The molecule has 144 valence electrons. The minimum Gasteiger partial charge on any atom is -0.378 e. The van der Waals surface area contributed by atoms with Gasteiger partial charge in [0.2, 0.25) is 0 Å². The summed E-state index contributed by atoms with van der Waals surface area (Å²) in [7, 11) is 3.62. The van der Waals surface area contributed by atoms with Crippen molar-refractivity contribution >= 4 is 29.9 Å². The average molecular weight is 463 g/mol. The molecule has 0 aromatic carbocycles. The second-order valence-electron chi connectivity index (χ2n) is 7.43. The molecule has 0 amide bonds. The van der Waals surface area contributed by atoms with Crippen LogP contribution < -0.4 is 10.6 Å². The maximum atomic E-state index is 5.68. The van der Waals surface area contributed by atoms with Crippen molar-refractivity contribution in [2.45, 2.75) is 65.1 Å².